The summed E-state index contributed by atoms with van der Waals surface area (Å²) in [4.78, 5) is 2.21. The number of nitrogens with one attached hydrogen (secondary N) is 1. The van der Waals surface area contributed by atoms with Gasteiger partial charge in [-0.1, -0.05) is 19.9 Å². The van der Waals surface area contributed by atoms with Gasteiger partial charge in [-0.2, -0.15) is 0 Å². The standard InChI is InChI=1S/C16H25FN2/c1-11(2)7-14-10-19(13(4)9-18-14)16-6-5-12(3)8-15(16)17/h5-6,8,11,13-14,18H,7,9-10H2,1-4H3. The zero-order chi connectivity index (χ0) is 14.0. The van der Waals surface area contributed by atoms with E-state index in [0.717, 1.165) is 30.8 Å². The van der Waals surface area contributed by atoms with Crippen LogP contribution in [0.5, 0.6) is 0 Å². The molecule has 3 heteroatoms. The molecule has 2 unspecified atom stereocenters. The molecule has 1 aliphatic rings. The number of halogens is 1. The minimum absolute atomic E-state index is 0.1000. The fraction of sp³-hybridized carbons (Fsp3) is 0.625. The molecule has 0 amide bonds. The van der Waals surface area contributed by atoms with Gasteiger partial charge in [-0.25, -0.2) is 4.39 Å². The molecule has 0 aliphatic carbocycles. The van der Waals surface area contributed by atoms with Gasteiger partial charge >= 0.3 is 0 Å². The quantitative estimate of drug-likeness (QED) is 0.900. The fourth-order valence-electron chi connectivity index (χ4n) is 2.84. The van der Waals surface area contributed by atoms with Gasteiger partial charge in [0, 0.05) is 25.2 Å². The third-order valence-electron chi connectivity index (χ3n) is 3.82. The lowest BCUT2D eigenvalue weighted by molar-refractivity contribution is 0.354. The fourth-order valence-corrected chi connectivity index (χ4v) is 2.84. The molecule has 0 saturated carbocycles. The van der Waals surface area contributed by atoms with E-state index in [-0.39, 0.29) is 5.82 Å². The van der Waals surface area contributed by atoms with Crippen molar-refractivity contribution in [1.82, 2.24) is 5.32 Å². The van der Waals surface area contributed by atoms with E-state index in [2.05, 4.69) is 31.0 Å². The van der Waals surface area contributed by atoms with Gasteiger partial charge in [-0.05, 0) is 43.9 Å². The molecular formula is C16H25FN2. The van der Waals surface area contributed by atoms with Gasteiger partial charge in [0.15, 0.2) is 0 Å². The van der Waals surface area contributed by atoms with Crippen LogP contribution < -0.4 is 10.2 Å². The number of rotatable bonds is 3. The van der Waals surface area contributed by atoms with Gasteiger partial charge in [-0.3, -0.25) is 0 Å². The second kappa shape index (κ2) is 5.91. The number of aryl methyl sites for hydroxylation is 1. The number of piperazine rings is 1. The summed E-state index contributed by atoms with van der Waals surface area (Å²) in [5, 5.41) is 3.57. The maximum atomic E-state index is 14.1. The molecule has 2 rings (SSSR count). The van der Waals surface area contributed by atoms with Crippen molar-refractivity contribution in [3.8, 4) is 0 Å². The van der Waals surface area contributed by atoms with Crippen LogP contribution in [-0.4, -0.2) is 25.2 Å². The number of hydrogen-bond acceptors (Lipinski definition) is 2. The second-order valence-electron chi connectivity index (χ2n) is 6.19. The van der Waals surface area contributed by atoms with Crippen molar-refractivity contribution in [3.05, 3.63) is 29.6 Å². The first kappa shape index (κ1) is 14.3. The average molecular weight is 264 g/mol. The number of anilines is 1. The molecule has 1 aliphatic heterocycles. The molecule has 1 saturated heterocycles. The van der Waals surface area contributed by atoms with E-state index in [1.807, 2.05) is 19.1 Å². The molecular weight excluding hydrogens is 239 g/mol. The normalized spacial score (nSPS) is 24.0. The Hall–Kier alpha value is -1.09. The van der Waals surface area contributed by atoms with E-state index in [9.17, 15) is 4.39 Å². The SMILES string of the molecule is Cc1ccc(N2CC(CC(C)C)NCC2C)c(F)c1. The molecule has 0 bridgehead atoms. The molecule has 0 radical (unpaired) electrons. The number of benzene rings is 1. The maximum absolute atomic E-state index is 14.1. The second-order valence-corrected chi connectivity index (χ2v) is 6.19. The van der Waals surface area contributed by atoms with Crippen molar-refractivity contribution in [2.75, 3.05) is 18.0 Å². The van der Waals surface area contributed by atoms with Crippen molar-refractivity contribution >= 4 is 5.69 Å². The molecule has 1 aromatic rings. The summed E-state index contributed by atoms with van der Waals surface area (Å²) in [6.45, 7) is 10.4. The topological polar surface area (TPSA) is 15.3 Å². The molecule has 0 spiro atoms. The van der Waals surface area contributed by atoms with E-state index >= 15 is 0 Å². The van der Waals surface area contributed by atoms with E-state index in [4.69, 9.17) is 0 Å². The van der Waals surface area contributed by atoms with E-state index in [1.54, 1.807) is 6.07 Å². The van der Waals surface area contributed by atoms with Gasteiger partial charge in [0.2, 0.25) is 0 Å². The Kier molecular flexibility index (Phi) is 4.46. The van der Waals surface area contributed by atoms with E-state index in [1.165, 1.54) is 0 Å². The zero-order valence-corrected chi connectivity index (χ0v) is 12.4. The monoisotopic (exact) mass is 264 g/mol. The summed E-state index contributed by atoms with van der Waals surface area (Å²) in [6.07, 6.45) is 1.14. The van der Waals surface area contributed by atoms with Crippen LogP contribution >= 0.6 is 0 Å². The molecule has 19 heavy (non-hydrogen) atoms. The van der Waals surface area contributed by atoms with Gasteiger partial charge < -0.3 is 10.2 Å². The summed E-state index contributed by atoms with van der Waals surface area (Å²) in [6, 6.07) is 6.32. The van der Waals surface area contributed by atoms with Crippen LogP contribution in [0.1, 0.15) is 32.8 Å². The Morgan fingerprint density at radius 2 is 2.16 bits per heavy atom. The highest BCUT2D eigenvalue weighted by molar-refractivity contribution is 5.50. The Morgan fingerprint density at radius 1 is 1.42 bits per heavy atom. The highest BCUT2D eigenvalue weighted by Crippen LogP contribution is 2.25. The summed E-state index contributed by atoms with van der Waals surface area (Å²) in [5.74, 6) is 0.563. The Labute approximate surface area is 116 Å². The Balaban J connectivity index is 2.16. The lowest BCUT2D eigenvalue weighted by Crippen LogP contribution is -2.56. The Bertz CT molecular complexity index is 431. The molecule has 2 nitrogen and oxygen atoms in total. The minimum Gasteiger partial charge on any atom is -0.364 e. The van der Waals surface area contributed by atoms with Gasteiger partial charge in [-0.15, -0.1) is 0 Å². The van der Waals surface area contributed by atoms with Crippen LogP contribution in [0, 0.1) is 18.7 Å². The van der Waals surface area contributed by atoms with Crippen LogP contribution in [-0.2, 0) is 0 Å². The summed E-state index contributed by atoms with van der Waals surface area (Å²) in [7, 11) is 0. The predicted molar refractivity (Wildman–Crippen MR) is 79.2 cm³/mol. The average Bonchev–Trinajstić information content (AvgIpc) is 2.31. The molecule has 1 fully saturated rings. The maximum Gasteiger partial charge on any atom is 0.146 e. The summed E-state index contributed by atoms with van der Waals surface area (Å²) < 4.78 is 14.1. The van der Waals surface area contributed by atoms with Crippen LogP contribution in [0.15, 0.2) is 18.2 Å². The Morgan fingerprint density at radius 3 is 2.79 bits per heavy atom. The van der Waals surface area contributed by atoms with Gasteiger partial charge in [0.1, 0.15) is 5.82 Å². The van der Waals surface area contributed by atoms with Crippen LogP contribution in [0.4, 0.5) is 10.1 Å². The highest BCUT2D eigenvalue weighted by Gasteiger charge is 2.27. The van der Waals surface area contributed by atoms with E-state index in [0.29, 0.717) is 18.0 Å². The predicted octanol–water partition coefficient (Wildman–Crippen LogP) is 3.35. The van der Waals surface area contributed by atoms with Crippen LogP contribution in [0.2, 0.25) is 0 Å². The van der Waals surface area contributed by atoms with Crippen molar-refractivity contribution in [2.45, 2.75) is 46.2 Å². The molecule has 1 heterocycles. The molecule has 106 valence electrons. The first-order chi connectivity index (χ1) is 8.97. The van der Waals surface area contributed by atoms with Crippen molar-refractivity contribution in [3.63, 3.8) is 0 Å². The van der Waals surface area contributed by atoms with Crippen molar-refractivity contribution in [2.24, 2.45) is 5.92 Å². The molecule has 1 aromatic carbocycles. The van der Waals surface area contributed by atoms with Crippen LogP contribution in [0.25, 0.3) is 0 Å². The largest absolute Gasteiger partial charge is 0.364 e. The molecule has 1 N–H and O–H groups in total. The smallest absolute Gasteiger partial charge is 0.146 e. The van der Waals surface area contributed by atoms with Crippen molar-refractivity contribution < 1.29 is 4.39 Å². The first-order valence-corrected chi connectivity index (χ1v) is 7.23. The number of nitrogens with zero attached hydrogens (tertiary/aromatic N) is 1. The lowest BCUT2D eigenvalue weighted by atomic mass is 9.99. The zero-order valence-electron chi connectivity index (χ0n) is 12.4. The summed E-state index contributed by atoms with van der Waals surface area (Å²) in [5.41, 5.74) is 1.72. The first-order valence-electron chi connectivity index (χ1n) is 7.23. The van der Waals surface area contributed by atoms with Crippen molar-refractivity contribution in [1.29, 1.82) is 0 Å². The molecule has 2 atom stereocenters. The van der Waals surface area contributed by atoms with Gasteiger partial charge in [0.25, 0.3) is 0 Å². The van der Waals surface area contributed by atoms with Gasteiger partial charge in [0.05, 0.1) is 5.69 Å². The van der Waals surface area contributed by atoms with E-state index < -0.39 is 0 Å². The minimum atomic E-state index is -0.1000. The number of hydrogen-bond donors (Lipinski definition) is 1. The summed E-state index contributed by atoms with van der Waals surface area (Å²) >= 11 is 0. The third-order valence-corrected chi connectivity index (χ3v) is 3.82. The lowest BCUT2D eigenvalue weighted by Gasteiger charge is -2.41. The highest BCUT2D eigenvalue weighted by atomic mass is 19.1. The van der Waals surface area contributed by atoms with Crippen LogP contribution in [0.3, 0.4) is 0 Å². The molecule has 0 aromatic heterocycles. The third kappa shape index (κ3) is 3.47.